The van der Waals surface area contributed by atoms with Crippen molar-refractivity contribution in [2.45, 2.75) is 35.6 Å². The highest BCUT2D eigenvalue weighted by atomic mass is 32.2. The van der Waals surface area contributed by atoms with Gasteiger partial charge in [-0.1, -0.05) is 18.3 Å². The van der Waals surface area contributed by atoms with E-state index < -0.39 is 11.7 Å². The highest BCUT2D eigenvalue weighted by Gasteiger charge is 2.22. The fraction of sp³-hybridized carbons (Fsp3) is 0.286. The molecule has 0 saturated carbocycles. The van der Waals surface area contributed by atoms with Crippen LogP contribution in [0.15, 0.2) is 59.1 Å². The monoisotopic (exact) mass is 547 g/mol. The number of aryl methyl sites for hydroxylation is 1. The van der Waals surface area contributed by atoms with Gasteiger partial charge in [0.2, 0.25) is 11.9 Å². The van der Waals surface area contributed by atoms with Crippen molar-refractivity contribution in [2.24, 2.45) is 0 Å². The second kappa shape index (κ2) is 11.4. The molecule has 9 nitrogen and oxygen atoms in total. The lowest BCUT2D eigenvalue weighted by atomic mass is 9.86. The maximum absolute atomic E-state index is 14.3. The number of aromatic amines is 1. The summed E-state index contributed by atoms with van der Waals surface area (Å²) in [4.78, 5) is 23.9. The van der Waals surface area contributed by atoms with Gasteiger partial charge in [-0.15, -0.1) is 0 Å². The molecule has 0 spiro atoms. The van der Waals surface area contributed by atoms with Crippen molar-refractivity contribution < 1.29 is 13.9 Å². The number of nitrogens with zero attached hydrogens (tertiary/aromatic N) is 4. The minimum atomic E-state index is -0.486. The minimum Gasteiger partial charge on any atom is -0.495 e. The standard InChI is InChI=1S/C28H30FN7O2S/c1-5-25(37)31-19-11-18(29)12-20(13-19)39-27-22-15-30-35-26(22)33-28(34-27)32-23-10-16(2)21(14-24(23)38-4)17-6-8-36(3)9-7-17/h5,10-15,17H,1,6-9H2,2-4H3,(H,31,37)(H2,30,32,33,34,35). The molecule has 3 heterocycles. The number of rotatable bonds is 8. The zero-order valence-corrected chi connectivity index (χ0v) is 22.9. The molecule has 5 rings (SSSR count). The number of likely N-dealkylation sites (tertiary alicyclic amines) is 1. The van der Waals surface area contributed by atoms with Crippen molar-refractivity contribution in [1.82, 2.24) is 25.1 Å². The number of methoxy groups -OCH3 is 1. The number of ether oxygens (including phenoxy) is 1. The Morgan fingerprint density at radius 1 is 1.23 bits per heavy atom. The van der Waals surface area contributed by atoms with Crippen LogP contribution in [-0.4, -0.2) is 58.2 Å². The minimum absolute atomic E-state index is 0.322. The van der Waals surface area contributed by atoms with Gasteiger partial charge in [0, 0.05) is 10.6 Å². The van der Waals surface area contributed by atoms with Gasteiger partial charge in [0.15, 0.2) is 5.65 Å². The Hall–Kier alpha value is -3.96. The third-order valence-corrected chi connectivity index (χ3v) is 7.78. The number of fused-ring (bicyclic) bond motifs is 1. The van der Waals surface area contributed by atoms with Crippen LogP contribution in [0.5, 0.6) is 5.75 Å². The molecule has 1 fully saturated rings. The van der Waals surface area contributed by atoms with Gasteiger partial charge in [-0.25, -0.2) is 9.37 Å². The Morgan fingerprint density at radius 2 is 2.03 bits per heavy atom. The first-order valence-electron chi connectivity index (χ1n) is 12.6. The molecule has 0 bridgehead atoms. The number of H-pyrrole nitrogens is 1. The van der Waals surface area contributed by atoms with Crippen LogP contribution >= 0.6 is 11.8 Å². The molecule has 3 N–H and O–H groups in total. The lowest BCUT2D eigenvalue weighted by Gasteiger charge is -2.30. The van der Waals surface area contributed by atoms with E-state index in [2.05, 4.69) is 63.4 Å². The predicted octanol–water partition coefficient (Wildman–Crippen LogP) is 5.64. The van der Waals surface area contributed by atoms with Crippen LogP contribution < -0.4 is 15.4 Å². The van der Waals surface area contributed by atoms with Gasteiger partial charge in [-0.2, -0.15) is 10.1 Å². The Labute approximate surface area is 230 Å². The first-order chi connectivity index (χ1) is 18.8. The molecule has 2 aromatic carbocycles. The molecule has 1 amide bonds. The van der Waals surface area contributed by atoms with Crippen molar-refractivity contribution in [3.8, 4) is 5.75 Å². The topological polar surface area (TPSA) is 108 Å². The number of benzene rings is 2. The fourth-order valence-corrected chi connectivity index (χ4v) is 5.76. The third-order valence-electron chi connectivity index (χ3n) is 6.81. The third kappa shape index (κ3) is 6.04. The quantitative estimate of drug-likeness (QED) is 0.192. The summed E-state index contributed by atoms with van der Waals surface area (Å²) in [5.41, 5.74) is 4.09. The van der Waals surface area contributed by atoms with Gasteiger partial charge < -0.3 is 20.3 Å². The highest BCUT2D eigenvalue weighted by molar-refractivity contribution is 7.99. The summed E-state index contributed by atoms with van der Waals surface area (Å²) in [7, 11) is 3.81. The van der Waals surface area contributed by atoms with Gasteiger partial charge in [0.05, 0.1) is 24.4 Å². The van der Waals surface area contributed by atoms with E-state index in [1.165, 1.54) is 35.0 Å². The van der Waals surface area contributed by atoms with Crippen molar-refractivity contribution >= 4 is 46.0 Å². The molecule has 1 aliphatic rings. The number of nitrogens with one attached hydrogen (secondary N) is 3. The van der Waals surface area contributed by atoms with Gasteiger partial charge in [-0.3, -0.25) is 9.89 Å². The van der Waals surface area contributed by atoms with E-state index >= 15 is 0 Å². The van der Waals surface area contributed by atoms with Crippen LogP contribution in [0.3, 0.4) is 0 Å². The molecule has 1 aliphatic heterocycles. The summed E-state index contributed by atoms with van der Waals surface area (Å²) < 4.78 is 20.1. The van der Waals surface area contributed by atoms with Crippen molar-refractivity contribution in [2.75, 3.05) is 37.9 Å². The van der Waals surface area contributed by atoms with Crippen molar-refractivity contribution in [3.05, 3.63) is 66.1 Å². The second-order valence-electron chi connectivity index (χ2n) is 9.57. The number of piperidine rings is 1. The summed E-state index contributed by atoms with van der Waals surface area (Å²) in [5, 5.41) is 14.2. The zero-order chi connectivity index (χ0) is 27.5. The molecule has 2 aromatic heterocycles. The molecule has 0 atom stereocenters. The molecule has 0 aliphatic carbocycles. The summed E-state index contributed by atoms with van der Waals surface area (Å²) in [6.45, 7) is 7.71. The van der Waals surface area contributed by atoms with Crippen LogP contribution in [0.4, 0.5) is 21.7 Å². The van der Waals surface area contributed by atoms with Crippen LogP contribution in [-0.2, 0) is 4.79 Å². The van der Waals surface area contributed by atoms with Gasteiger partial charge in [0.25, 0.3) is 0 Å². The highest BCUT2D eigenvalue weighted by Crippen LogP contribution is 2.38. The van der Waals surface area contributed by atoms with Gasteiger partial charge >= 0.3 is 0 Å². The van der Waals surface area contributed by atoms with Crippen LogP contribution in [0.2, 0.25) is 0 Å². The number of anilines is 3. The molecule has 4 aromatic rings. The molecule has 0 unspecified atom stereocenters. The number of hydrogen-bond acceptors (Lipinski definition) is 8. The van der Waals surface area contributed by atoms with Crippen molar-refractivity contribution in [1.29, 1.82) is 0 Å². The number of hydrogen-bond donors (Lipinski definition) is 3. The molecular formula is C28H30FN7O2S. The average Bonchev–Trinajstić information content (AvgIpc) is 3.38. The molecular weight excluding hydrogens is 517 g/mol. The maximum Gasteiger partial charge on any atom is 0.247 e. The summed E-state index contributed by atoms with van der Waals surface area (Å²) >= 11 is 1.24. The fourth-order valence-electron chi connectivity index (χ4n) is 4.79. The summed E-state index contributed by atoms with van der Waals surface area (Å²) in [6.07, 6.45) is 4.99. The first kappa shape index (κ1) is 26.6. The van der Waals surface area contributed by atoms with E-state index in [4.69, 9.17) is 9.72 Å². The lowest BCUT2D eigenvalue weighted by molar-refractivity contribution is -0.111. The Kier molecular flexibility index (Phi) is 7.80. The molecule has 11 heteroatoms. The maximum atomic E-state index is 14.3. The molecule has 0 radical (unpaired) electrons. The SMILES string of the molecule is C=CC(=O)Nc1cc(F)cc(Sc2nc(Nc3cc(C)c(C4CCN(C)CC4)cc3OC)nc3[nH]ncc23)c1. The first-order valence-corrected chi connectivity index (χ1v) is 13.4. The molecule has 1 saturated heterocycles. The largest absolute Gasteiger partial charge is 0.495 e. The number of aromatic nitrogens is 4. The molecule has 202 valence electrons. The van der Waals surface area contributed by atoms with E-state index in [9.17, 15) is 9.18 Å². The normalized spacial score (nSPS) is 14.4. The van der Waals surface area contributed by atoms with E-state index in [0.717, 1.165) is 37.7 Å². The number of halogens is 1. The van der Waals surface area contributed by atoms with Crippen LogP contribution in [0.25, 0.3) is 11.0 Å². The second-order valence-corrected chi connectivity index (χ2v) is 10.6. The zero-order valence-electron chi connectivity index (χ0n) is 22.0. The summed E-state index contributed by atoms with van der Waals surface area (Å²) in [6, 6.07) is 8.48. The van der Waals surface area contributed by atoms with Gasteiger partial charge in [-0.05, 0) is 93.4 Å². The predicted molar refractivity (Wildman–Crippen MR) is 152 cm³/mol. The number of carbonyl (C=O) groups excluding carboxylic acids is 1. The Morgan fingerprint density at radius 3 is 2.77 bits per heavy atom. The average molecular weight is 548 g/mol. The van der Waals surface area contributed by atoms with Crippen molar-refractivity contribution in [3.63, 3.8) is 0 Å². The van der Waals surface area contributed by atoms with Gasteiger partial charge in [0.1, 0.15) is 16.6 Å². The summed E-state index contributed by atoms with van der Waals surface area (Å²) in [5.74, 6) is 0.644. The Bertz CT molecular complexity index is 1530. The number of amides is 1. The lowest BCUT2D eigenvalue weighted by Crippen LogP contribution is -2.29. The van der Waals surface area contributed by atoms with E-state index in [1.807, 2.05) is 0 Å². The Balaban J connectivity index is 1.45. The van der Waals surface area contributed by atoms with E-state index in [0.29, 0.717) is 44.3 Å². The van der Waals surface area contributed by atoms with E-state index in [-0.39, 0.29) is 0 Å². The van der Waals surface area contributed by atoms with E-state index in [1.54, 1.807) is 19.4 Å². The molecule has 39 heavy (non-hydrogen) atoms. The number of carbonyl (C=O) groups is 1. The van der Waals surface area contributed by atoms with Crippen LogP contribution in [0, 0.1) is 12.7 Å². The smallest absolute Gasteiger partial charge is 0.247 e. The van der Waals surface area contributed by atoms with Crippen LogP contribution in [0.1, 0.15) is 29.9 Å².